The number of fused-ring (bicyclic) bond motifs is 1. The summed E-state index contributed by atoms with van der Waals surface area (Å²) in [5, 5.41) is 9.33. The Balaban J connectivity index is 1.24. The molecule has 6 heteroatoms. The van der Waals surface area contributed by atoms with E-state index in [2.05, 4.69) is 62.0 Å². The Labute approximate surface area is 173 Å². The van der Waals surface area contributed by atoms with Crippen LogP contribution in [0.15, 0.2) is 42.6 Å². The van der Waals surface area contributed by atoms with Gasteiger partial charge in [0.1, 0.15) is 11.9 Å². The summed E-state index contributed by atoms with van der Waals surface area (Å²) in [6.45, 7) is 7.28. The number of piperazine rings is 1. The lowest BCUT2D eigenvalue weighted by Crippen LogP contribution is -2.47. The van der Waals surface area contributed by atoms with Crippen molar-refractivity contribution >= 4 is 17.2 Å². The fourth-order valence-corrected chi connectivity index (χ4v) is 5.26. The molecule has 5 rings (SSSR count). The molecule has 1 aromatic heterocycles. The van der Waals surface area contributed by atoms with Crippen LogP contribution >= 0.6 is 0 Å². The molecule has 3 aliphatic rings. The summed E-state index contributed by atoms with van der Waals surface area (Å²) in [6.07, 6.45) is 3.09. The highest BCUT2D eigenvalue weighted by Gasteiger charge is 2.40. The molecular formula is C23H28N6. The number of aromatic nitrogens is 1. The Morgan fingerprint density at radius 1 is 0.931 bits per heavy atom. The molecule has 0 amide bonds. The number of pyridine rings is 1. The quantitative estimate of drug-likeness (QED) is 0.805. The molecule has 6 nitrogen and oxygen atoms in total. The Kier molecular flexibility index (Phi) is 4.76. The molecule has 29 heavy (non-hydrogen) atoms. The Morgan fingerprint density at radius 2 is 1.66 bits per heavy atom. The molecule has 150 valence electrons. The average molecular weight is 389 g/mol. The van der Waals surface area contributed by atoms with E-state index in [-0.39, 0.29) is 0 Å². The highest BCUT2D eigenvalue weighted by molar-refractivity contribution is 5.59. The van der Waals surface area contributed by atoms with Crippen LogP contribution in [0.3, 0.4) is 0 Å². The van der Waals surface area contributed by atoms with Crippen molar-refractivity contribution in [3.05, 3.63) is 48.2 Å². The minimum atomic E-state index is 0.659. The van der Waals surface area contributed by atoms with Gasteiger partial charge in [-0.25, -0.2) is 4.98 Å². The van der Waals surface area contributed by atoms with Gasteiger partial charge in [0.05, 0.1) is 5.56 Å². The van der Waals surface area contributed by atoms with E-state index in [1.165, 1.54) is 37.4 Å². The van der Waals surface area contributed by atoms with Crippen LogP contribution in [-0.2, 0) is 0 Å². The maximum Gasteiger partial charge on any atom is 0.146 e. The highest BCUT2D eigenvalue weighted by Crippen LogP contribution is 2.35. The van der Waals surface area contributed by atoms with Crippen LogP contribution in [-0.4, -0.2) is 68.8 Å². The number of nitrogens with zero attached hydrogens (tertiary/aromatic N) is 6. The van der Waals surface area contributed by atoms with Crippen LogP contribution in [0, 0.1) is 17.2 Å². The van der Waals surface area contributed by atoms with Gasteiger partial charge >= 0.3 is 0 Å². The Morgan fingerprint density at radius 3 is 2.41 bits per heavy atom. The fraction of sp³-hybridized carbons (Fsp3) is 0.478. The van der Waals surface area contributed by atoms with Crippen LogP contribution in [0.2, 0.25) is 0 Å². The molecule has 0 aliphatic carbocycles. The Hall–Kier alpha value is -2.78. The first-order chi connectivity index (χ1) is 14.2. The number of benzene rings is 1. The second-order valence-electron chi connectivity index (χ2n) is 8.51. The zero-order chi connectivity index (χ0) is 19.8. The molecule has 4 heterocycles. The van der Waals surface area contributed by atoms with Gasteiger partial charge in [-0.1, -0.05) is 0 Å². The molecule has 3 saturated heterocycles. The van der Waals surface area contributed by atoms with Crippen LogP contribution in [0.5, 0.6) is 0 Å². The van der Waals surface area contributed by atoms with Crippen LogP contribution in [0.4, 0.5) is 17.2 Å². The lowest BCUT2D eigenvalue weighted by Gasteiger charge is -2.37. The lowest BCUT2D eigenvalue weighted by atomic mass is 10.0. The molecule has 3 aliphatic heterocycles. The van der Waals surface area contributed by atoms with Crippen molar-refractivity contribution in [1.29, 1.82) is 5.26 Å². The molecule has 0 spiro atoms. The number of nitriles is 1. The molecule has 2 unspecified atom stereocenters. The SMILES string of the molecule is CN1CC2CCN(c3ccc(N4CCN(c5ncccc5C#N)CC4)cc3)C2C1. The number of likely N-dealkylation sites (tertiary alicyclic amines) is 1. The van der Waals surface area contributed by atoms with Crippen molar-refractivity contribution < 1.29 is 0 Å². The molecular weight excluding hydrogens is 360 g/mol. The summed E-state index contributed by atoms with van der Waals surface area (Å²) in [4.78, 5) is 14.2. The largest absolute Gasteiger partial charge is 0.368 e. The van der Waals surface area contributed by atoms with E-state index in [0.29, 0.717) is 11.6 Å². The van der Waals surface area contributed by atoms with E-state index < -0.39 is 0 Å². The first-order valence-corrected chi connectivity index (χ1v) is 10.6. The monoisotopic (exact) mass is 388 g/mol. The number of likely N-dealkylation sites (N-methyl/N-ethyl adjacent to an activating group) is 1. The zero-order valence-electron chi connectivity index (χ0n) is 17.0. The van der Waals surface area contributed by atoms with E-state index in [1.807, 2.05) is 12.1 Å². The number of rotatable bonds is 3. The van der Waals surface area contributed by atoms with Crippen molar-refractivity contribution in [2.75, 3.05) is 67.6 Å². The van der Waals surface area contributed by atoms with Crippen molar-refractivity contribution in [2.24, 2.45) is 5.92 Å². The molecule has 0 bridgehead atoms. The standard InChI is InChI=1S/C23H28N6/c1-26-16-19-8-10-29(22(19)17-26)21-6-4-20(5-7-21)27-11-13-28(14-12-27)23-18(15-24)3-2-9-25-23/h2-7,9,19,22H,8,10-14,16-17H2,1H3. The second kappa shape index (κ2) is 7.57. The van der Waals surface area contributed by atoms with Gasteiger partial charge < -0.3 is 19.6 Å². The van der Waals surface area contributed by atoms with E-state index in [9.17, 15) is 5.26 Å². The van der Waals surface area contributed by atoms with Gasteiger partial charge in [-0.2, -0.15) is 5.26 Å². The predicted octanol–water partition coefficient (Wildman–Crippen LogP) is 2.42. The number of hydrogen-bond acceptors (Lipinski definition) is 6. The van der Waals surface area contributed by atoms with Crippen molar-refractivity contribution in [3.8, 4) is 6.07 Å². The number of anilines is 3. The summed E-state index contributed by atoms with van der Waals surface area (Å²) in [7, 11) is 2.24. The van der Waals surface area contributed by atoms with Crippen LogP contribution in [0.1, 0.15) is 12.0 Å². The van der Waals surface area contributed by atoms with Crippen LogP contribution in [0.25, 0.3) is 0 Å². The summed E-state index contributed by atoms with van der Waals surface area (Å²) in [6, 6.07) is 15.8. The lowest BCUT2D eigenvalue weighted by molar-refractivity contribution is 0.386. The van der Waals surface area contributed by atoms with E-state index >= 15 is 0 Å². The molecule has 0 N–H and O–H groups in total. The molecule has 2 atom stereocenters. The summed E-state index contributed by atoms with van der Waals surface area (Å²) in [5.74, 6) is 1.65. The van der Waals surface area contributed by atoms with Gasteiger partial charge in [-0.05, 0) is 55.8 Å². The third-order valence-electron chi connectivity index (χ3n) is 6.76. The summed E-state index contributed by atoms with van der Waals surface area (Å²) < 4.78 is 0. The highest BCUT2D eigenvalue weighted by atomic mass is 15.3. The third kappa shape index (κ3) is 3.40. The normalized spacial score (nSPS) is 24.6. The van der Waals surface area contributed by atoms with Crippen LogP contribution < -0.4 is 14.7 Å². The van der Waals surface area contributed by atoms with Crippen molar-refractivity contribution in [1.82, 2.24) is 9.88 Å². The molecule has 2 aromatic rings. The van der Waals surface area contributed by atoms with Crippen molar-refractivity contribution in [2.45, 2.75) is 12.5 Å². The summed E-state index contributed by atoms with van der Waals surface area (Å²) in [5.41, 5.74) is 3.31. The zero-order valence-corrected chi connectivity index (χ0v) is 17.0. The first kappa shape index (κ1) is 18.3. The minimum Gasteiger partial charge on any atom is -0.368 e. The van der Waals surface area contributed by atoms with Gasteiger partial charge in [0.2, 0.25) is 0 Å². The molecule has 1 aromatic carbocycles. The van der Waals surface area contributed by atoms with E-state index in [4.69, 9.17) is 0 Å². The summed E-state index contributed by atoms with van der Waals surface area (Å²) >= 11 is 0. The maximum atomic E-state index is 9.33. The van der Waals surface area contributed by atoms with E-state index in [1.54, 1.807) is 6.20 Å². The van der Waals surface area contributed by atoms with Gasteiger partial charge in [0.15, 0.2) is 0 Å². The third-order valence-corrected chi connectivity index (χ3v) is 6.76. The first-order valence-electron chi connectivity index (χ1n) is 10.6. The number of hydrogen-bond donors (Lipinski definition) is 0. The molecule has 3 fully saturated rings. The smallest absolute Gasteiger partial charge is 0.146 e. The molecule has 0 radical (unpaired) electrons. The average Bonchev–Trinajstić information content (AvgIpc) is 3.33. The van der Waals surface area contributed by atoms with Gasteiger partial charge in [-0.15, -0.1) is 0 Å². The predicted molar refractivity (Wildman–Crippen MR) is 117 cm³/mol. The van der Waals surface area contributed by atoms with Gasteiger partial charge in [0, 0.05) is 69.4 Å². The van der Waals surface area contributed by atoms with Crippen molar-refractivity contribution in [3.63, 3.8) is 0 Å². The second-order valence-corrected chi connectivity index (χ2v) is 8.51. The van der Waals surface area contributed by atoms with Gasteiger partial charge in [0.25, 0.3) is 0 Å². The minimum absolute atomic E-state index is 0.659. The fourth-order valence-electron chi connectivity index (χ4n) is 5.26. The Bertz CT molecular complexity index is 896. The van der Waals surface area contributed by atoms with Gasteiger partial charge in [-0.3, -0.25) is 0 Å². The van der Waals surface area contributed by atoms with E-state index in [0.717, 1.165) is 37.9 Å². The maximum absolute atomic E-state index is 9.33. The topological polar surface area (TPSA) is 49.6 Å². The molecule has 0 saturated carbocycles.